The van der Waals surface area contributed by atoms with Gasteiger partial charge < -0.3 is 14.9 Å². The highest BCUT2D eigenvalue weighted by Crippen LogP contribution is 2.50. The van der Waals surface area contributed by atoms with Crippen molar-refractivity contribution < 1.29 is 19.7 Å². The Balaban J connectivity index is 2.12. The molecule has 0 aliphatic carbocycles. The van der Waals surface area contributed by atoms with Crippen molar-refractivity contribution in [2.24, 2.45) is 5.16 Å². The Morgan fingerprint density at radius 3 is 1.79 bits per heavy atom. The fraction of sp³-hybridized carbons (Fsp3) is 0.0909. The number of aliphatic carboxylic acids is 1. The van der Waals surface area contributed by atoms with E-state index in [4.69, 9.17) is 0 Å². The molecule has 3 aromatic rings. The van der Waals surface area contributed by atoms with Crippen LogP contribution in [0.25, 0.3) is 0 Å². The van der Waals surface area contributed by atoms with Crippen molar-refractivity contribution in [3.63, 3.8) is 0 Å². The summed E-state index contributed by atoms with van der Waals surface area (Å²) in [6, 6.07) is 24.2. The van der Waals surface area contributed by atoms with Crippen LogP contribution in [0.5, 0.6) is 0 Å². The molecular formula is C22H19BrNO4P. The molecule has 0 unspecified atom stereocenters. The van der Waals surface area contributed by atoms with Crippen LogP contribution in [0.2, 0.25) is 0 Å². The number of oxime groups is 1. The van der Waals surface area contributed by atoms with Gasteiger partial charge in [0.05, 0.1) is 5.71 Å². The fourth-order valence-electron chi connectivity index (χ4n) is 3.22. The first kappa shape index (κ1) is 21.0. The minimum atomic E-state index is -3.59. The number of carboxylic acids is 1. The molecule has 0 radical (unpaired) electrons. The third kappa shape index (κ3) is 4.50. The van der Waals surface area contributed by atoms with Gasteiger partial charge in [0.2, 0.25) is 0 Å². The van der Waals surface area contributed by atoms with Crippen LogP contribution in [0, 0.1) is 0 Å². The average molecular weight is 472 g/mol. The van der Waals surface area contributed by atoms with Crippen LogP contribution in [0.3, 0.4) is 0 Å². The summed E-state index contributed by atoms with van der Waals surface area (Å²) in [5.74, 6) is -1.21. The minimum Gasteiger partial charge on any atom is -0.481 e. The molecular weight excluding hydrogens is 453 g/mol. The molecule has 1 atom stereocenters. The van der Waals surface area contributed by atoms with Gasteiger partial charge in [-0.05, 0) is 17.7 Å². The third-order valence-corrected chi connectivity index (χ3v) is 8.63. The number of carbonyl (C=O) groups is 1. The van der Waals surface area contributed by atoms with E-state index in [1.165, 1.54) is 0 Å². The van der Waals surface area contributed by atoms with Crippen LogP contribution in [-0.4, -0.2) is 27.7 Å². The Labute approximate surface area is 177 Å². The molecule has 3 rings (SSSR count). The van der Waals surface area contributed by atoms with Gasteiger partial charge in [-0.25, -0.2) is 0 Å². The molecule has 0 amide bonds. The molecule has 7 heteroatoms. The van der Waals surface area contributed by atoms with E-state index < -0.39 is 18.8 Å². The summed E-state index contributed by atoms with van der Waals surface area (Å²) in [5, 5.41) is 23.9. The zero-order chi connectivity index (χ0) is 20.9. The molecule has 0 aliphatic heterocycles. The van der Waals surface area contributed by atoms with E-state index in [-0.39, 0.29) is 12.1 Å². The van der Waals surface area contributed by atoms with Crippen LogP contribution in [0.1, 0.15) is 12.0 Å². The first-order valence-electron chi connectivity index (χ1n) is 8.87. The highest BCUT2D eigenvalue weighted by Gasteiger charge is 2.42. The summed E-state index contributed by atoms with van der Waals surface area (Å²) < 4.78 is 15.2. The molecule has 0 spiro atoms. The van der Waals surface area contributed by atoms with Crippen molar-refractivity contribution in [2.75, 3.05) is 0 Å². The fourth-order valence-corrected chi connectivity index (χ4v) is 6.47. The van der Waals surface area contributed by atoms with Crippen LogP contribution >= 0.6 is 23.1 Å². The number of halogens is 1. The summed E-state index contributed by atoms with van der Waals surface area (Å²) in [5.41, 5.74) is -0.562. The van der Waals surface area contributed by atoms with Crippen LogP contribution in [-0.2, 0) is 9.36 Å². The van der Waals surface area contributed by atoms with Gasteiger partial charge in [0, 0.05) is 21.5 Å². The van der Waals surface area contributed by atoms with Gasteiger partial charge in [-0.1, -0.05) is 93.9 Å². The lowest BCUT2D eigenvalue weighted by Crippen LogP contribution is -2.33. The lowest BCUT2D eigenvalue weighted by molar-refractivity contribution is -0.136. The van der Waals surface area contributed by atoms with E-state index in [0.717, 1.165) is 4.47 Å². The molecule has 0 fully saturated rings. The van der Waals surface area contributed by atoms with E-state index in [0.29, 0.717) is 16.2 Å². The average Bonchev–Trinajstić information content (AvgIpc) is 2.76. The Kier molecular flexibility index (Phi) is 6.68. The Morgan fingerprint density at radius 1 is 0.897 bits per heavy atom. The zero-order valence-electron chi connectivity index (χ0n) is 15.4. The molecule has 0 heterocycles. The maximum Gasteiger partial charge on any atom is 0.315 e. The van der Waals surface area contributed by atoms with Gasteiger partial charge in [-0.2, -0.15) is 0 Å². The first-order valence-corrected chi connectivity index (χ1v) is 11.4. The van der Waals surface area contributed by atoms with E-state index in [9.17, 15) is 19.7 Å². The van der Waals surface area contributed by atoms with Crippen molar-refractivity contribution in [1.82, 2.24) is 0 Å². The third-order valence-electron chi connectivity index (χ3n) is 4.69. The van der Waals surface area contributed by atoms with Crippen LogP contribution in [0.15, 0.2) is 94.6 Å². The van der Waals surface area contributed by atoms with Gasteiger partial charge in [0.15, 0.2) is 7.14 Å². The summed E-state index contributed by atoms with van der Waals surface area (Å²) in [6.07, 6.45) is -0.186. The summed E-state index contributed by atoms with van der Waals surface area (Å²) in [6.45, 7) is 0. The lowest BCUT2D eigenvalue weighted by atomic mass is 10.1. The topological polar surface area (TPSA) is 87.0 Å². The summed E-state index contributed by atoms with van der Waals surface area (Å²) >= 11 is 3.34. The van der Waals surface area contributed by atoms with E-state index in [1.54, 1.807) is 84.9 Å². The molecule has 0 saturated carbocycles. The number of carboxylic acid groups (broad SMARTS) is 1. The molecule has 0 saturated heterocycles. The molecule has 148 valence electrons. The van der Waals surface area contributed by atoms with Gasteiger partial charge in [-0.3, -0.25) is 4.79 Å². The Morgan fingerprint density at radius 2 is 1.38 bits per heavy atom. The normalized spacial score (nSPS) is 13.1. The van der Waals surface area contributed by atoms with E-state index in [1.807, 2.05) is 0 Å². The Bertz CT molecular complexity index is 1010. The van der Waals surface area contributed by atoms with Crippen molar-refractivity contribution in [3.8, 4) is 0 Å². The largest absolute Gasteiger partial charge is 0.481 e. The number of nitrogens with zero attached hydrogens (tertiary/aromatic N) is 1. The molecule has 0 aliphatic rings. The van der Waals surface area contributed by atoms with Gasteiger partial charge in [0.25, 0.3) is 0 Å². The molecule has 3 aromatic carbocycles. The Hall–Kier alpha value is -2.69. The quantitative estimate of drug-likeness (QED) is 0.230. The number of benzene rings is 3. The summed E-state index contributed by atoms with van der Waals surface area (Å²) in [4.78, 5) is 12.3. The molecule has 0 bridgehead atoms. The highest BCUT2D eigenvalue weighted by molar-refractivity contribution is 9.10. The second kappa shape index (κ2) is 9.21. The second-order valence-electron chi connectivity index (χ2n) is 6.44. The maximum atomic E-state index is 14.4. The van der Waals surface area contributed by atoms with Crippen LogP contribution in [0.4, 0.5) is 0 Å². The smallest absolute Gasteiger partial charge is 0.315 e. The molecule has 5 nitrogen and oxygen atoms in total. The van der Waals surface area contributed by atoms with Gasteiger partial charge in [-0.15, -0.1) is 0 Å². The number of hydrogen-bond donors (Lipinski definition) is 2. The summed E-state index contributed by atoms with van der Waals surface area (Å²) in [7, 11) is -3.59. The van der Waals surface area contributed by atoms with Crippen molar-refractivity contribution in [2.45, 2.75) is 12.1 Å². The number of rotatable bonds is 7. The predicted molar refractivity (Wildman–Crippen MR) is 118 cm³/mol. The lowest BCUT2D eigenvalue weighted by Gasteiger charge is -2.26. The van der Waals surface area contributed by atoms with Crippen molar-refractivity contribution in [3.05, 3.63) is 95.0 Å². The second-order valence-corrected chi connectivity index (χ2v) is 10.3. The standard InChI is InChI=1S/C22H19BrNO4P/c23-17-13-11-16(12-14-17)20(24-27)15-21(22(25)26)29(28,18-7-3-1-4-8-18)19-9-5-2-6-10-19/h1-14,21,27H,15H2,(H,25,26)/b24-20+/t21-/m0/s1. The zero-order valence-corrected chi connectivity index (χ0v) is 17.8. The van der Waals surface area contributed by atoms with E-state index in [2.05, 4.69) is 21.1 Å². The SMILES string of the molecule is O=C(O)[C@H](C/C(=N\O)c1ccc(Br)cc1)P(=O)(c1ccccc1)c1ccccc1. The first-order chi connectivity index (χ1) is 14.0. The maximum absolute atomic E-state index is 14.4. The molecule has 29 heavy (non-hydrogen) atoms. The van der Waals surface area contributed by atoms with Gasteiger partial charge >= 0.3 is 5.97 Å². The van der Waals surface area contributed by atoms with E-state index >= 15 is 0 Å². The molecule has 2 N–H and O–H groups in total. The monoisotopic (exact) mass is 471 g/mol. The molecule has 0 aromatic heterocycles. The van der Waals surface area contributed by atoms with Crippen molar-refractivity contribution in [1.29, 1.82) is 0 Å². The van der Waals surface area contributed by atoms with Gasteiger partial charge in [0.1, 0.15) is 5.66 Å². The highest BCUT2D eigenvalue weighted by atomic mass is 79.9. The number of hydrogen-bond acceptors (Lipinski definition) is 4. The van der Waals surface area contributed by atoms with Crippen molar-refractivity contribution >= 4 is 45.4 Å². The minimum absolute atomic E-state index is 0.164. The van der Waals surface area contributed by atoms with Crippen LogP contribution < -0.4 is 10.6 Å². The predicted octanol–water partition coefficient (Wildman–Crippen LogP) is 4.48.